The third-order valence-electron chi connectivity index (χ3n) is 8.88. The second kappa shape index (κ2) is 57.5. The fraction of sp³-hybridized carbons (Fsp3) is 0.909. The number of unbranched alkanes of at least 4 members (excludes halogenated alkanes) is 28. The molecule has 0 atom stereocenters. The fourth-order valence-electron chi connectivity index (χ4n) is 5.69. The molecule has 8 nitrogen and oxygen atoms in total. The van der Waals surface area contributed by atoms with Gasteiger partial charge in [-0.1, -0.05) is 220 Å². The molecule has 0 unspecified atom stereocenters. The molecule has 0 aromatic rings. The van der Waals surface area contributed by atoms with Gasteiger partial charge in [0, 0.05) is 23.9 Å². The van der Waals surface area contributed by atoms with Crippen LogP contribution in [-0.2, 0) is 45.4 Å². The summed E-state index contributed by atoms with van der Waals surface area (Å²) >= 11 is 0. The fourth-order valence-corrected chi connectivity index (χ4v) is 5.69. The molecule has 0 fully saturated rings. The van der Waals surface area contributed by atoms with Gasteiger partial charge in [0.2, 0.25) is 0 Å². The summed E-state index contributed by atoms with van der Waals surface area (Å²) in [5.74, 6) is -3.73. The molecule has 0 saturated heterocycles. The van der Waals surface area contributed by atoms with Crippen LogP contribution in [0, 0.1) is 0 Å². The topological polar surface area (TPSA) is 161 Å². The summed E-state index contributed by atoms with van der Waals surface area (Å²) < 4.78 is 0. The average molecular weight is 832 g/mol. The predicted molar refractivity (Wildman–Crippen MR) is 209 cm³/mol. The van der Waals surface area contributed by atoms with E-state index in [-0.39, 0.29) is 51.9 Å². The zero-order valence-corrected chi connectivity index (χ0v) is 37.7. The van der Waals surface area contributed by atoms with Crippen molar-refractivity contribution in [1.82, 2.24) is 0 Å². The van der Waals surface area contributed by atoms with E-state index in [1.165, 1.54) is 167 Å². The molecular weight excluding hydrogens is 748 g/mol. The van der Waals surface area contributed by atoms with Crippen LogP contribution in [0.15, 0.2) is 0 Å². The number of carboxylic acid groups (broad SMARTS) is 4. The molecule has 0 aromatic heterocycles. The van der Waals surface area contributed by atoms with E-state index in [9.17, 15) is 39.6 Å². The van der Waals surface area contributed by atoms with Gasteiger partial charge in [0.05, 0.1) is 0 Å². The molecule has 0 aliphatic heterocycles. The minimum atomic E-state index is -0.961. The maximum atomic E-state index is 10.2. The number of rotatable bonds is 36. The maximum Gasteiger partial charge on any atom is 4.00 e. The van der Waals surface area contributed by atoms with Crippen LogP contribution < -0.4 is 20.4 Å². The molecule has 0 aromatic carbocycles. The van der Waals surface area contributed by atoms with Gasteiger partial charge < -0.3 is 39.6 Å². The summed E-state index contributed by atoms with van der Waals surface area (Å²) in [5, 5.41) is 39.4. The van der Waals surface area contributed by atoms with Gasteiger partial charge in [-0.05, 0) is 38.5 Å². The van der Waals surface area contributed by atoms with Crippen molar-refractivity contribution in [3.05, 3.63) is 0 Å². The zero-order chi connectivity index (χ0) is 39.8. The summed E-state index contributed by atoms with van der Waals surface area (Å²) in [5.41, 5.74) is 0. The Morgan fingerprint density at radius 2 is 0.396 bits per heavy atom. The monoisotopic (exact) mass is 831 g/mol. The van der Waals surface area contributed by atoms with Gasteiger partial charge in [-0.25, -0.2) is 0 Å². The standard InChI is InChI=1S/2C18H36O2.2C4H8O2.Zr/c2*1-2-3-4-5-6-7-8-9-10-11-12-13-14-15-16-17-18(19)20;2*1-2-3-4(5)6;/h2*2-17H2,1H3,(H,19,20);2*2-3H2,1H3,(H,5,6);/q;;;;+4/p-4. The van der Waals surface area contributed by atoms with Crippen LogP contribution in [0.3, 0.4) is 0 Å². The summed E-state index contributed by atoms with van der Waals surface area (Å²) in [4.78, 5) is 39.4. The Labute approximate surface area is 347 Å². The molecule has 9 heteroatoms. The normalized spacial score (nSPS) is 10.0. The Balaban J connectivity index is -0.000000218. The van der Waals surface area contributed by atoms with Crippen molar-refractivity contribution < 1.29 is 65.8 Å². The molecule has 0 bridgehead atoms. The number of hydrogen-bond donors (Lipinski definition) is 0. The first-order chi connectivity index (χ1) is 25.1. The smallest absolute Gasteiger partial charge is 0.550 e. The van der Waals surface area contributed by atoms with E-state index in [1.807, 2.05) is 0 Å². The molecule has 0 aliphatic carbocycles. The van der Waals surface area contributed by atoms with Crippen LogP contribution >= 0.6 is 0 Å². The number of carbonyl (C=O) groups excluding carboxylic acids is 4. The molecule has 0 rings (SSSR count). The Kier molecular flexibility index (Phi) is 66.2. The SMILES string of the molecule is CCCC(=O)[O-].CCCC(=O)[O-].CCCCCCCCCCCCCCCCCC(=O)[O-].CCCCCCCCCCCCCCCCCC(=O)[O-].[Zr+4]. The second-order valence-electron chi connectivity index (χ2n) is 14.4. The van der Waals surface area contributed by atoms with Crippen molar-refractivity contribution in [3.8, 4) is 0 Å². The van der Waals surface area contributed by atoms with E-state index in [4.69, 9.17) is 0 Å². The summed E-state index contributed by atoms with van der Waals surface area (Å²) in [6.07, 6.45) is 41.4. The third-order valence-corrected chi connectivity index (χ3v) is 8.88. The van der Waals surface area contributed by atoms with Crippen molar-refractivity contribution in [2.75, 3.05) is 0 Å². The zero-order valence-electron chi connectivity index (χ0n) is 35.2. The minimum Gasteiger partial charge on any atom is -0.550 e. The van der Waals surface area contributed by atoms with Crippen molar-refractivity contribution in [3.63, 3.8) is 0 Å². The van der Waals surface area contributed by atoms with E-state index >= 15 is 0 Å². The molecule has 0 N–H and O–H groups in total. The summed E-state index contributed by atoms with van der Waals surface area (Å²) in [6, 6.07) is 0. The van der Waals surface area contributed by atoms with Crippen molar-refractivity contribution in [1.29, 1.82) is 0 Å². The number of hydrogen-bond acceptors (Lipinski definition) is 8. The summed E-state index contributed by atoms with van der Waals surface area (Å²) in [7, 11) is 0. The molecule has 0 heterocycles. The van der Waals surface area contributed by atoms with Gasteiger partial charge in [0.15, 0.2) is 0 Å². The van der Waals surface area contributed by atoms with Crippen molar-refractivity contribution in [2.24, 2.45) is 0 Å². The van der Waals surface area contributed by atoms with E-state index < -0.39 is 23.9 Å². The molecule has 0 aliphatic rings. The van der Waals surface area contributed by atoms with E-state index in [0.29, 0.717) is 12.8 Å². The molecule has 0 saturated carbocycles. The number of carbonyl (C=O) groups is 4. The first-order valence-electron chi connectivity index (χ1n) is 21.9. The summed E-state index contributed by atoms with van der Waals surface area (Å²) in [6.45, 7) is 8.14. The third kappa shape index (κ3) is 80.3. The Morgan fingerprint density at radius 3 is 0.509 bits per heavy atom. The number of carboxylic acids is 4. The molecular formula is C44H84O8Zr. The molecule has 0 amide bonds. The minimum absolute atomic E-state index is 0. The van der Waals surface area contributed by atoms with Gasteiger partial charge >= 0.3 is 26.2 Å². The van der Waals surface area contributed by atoms with E-state index in [2.05, 4.69) is 13.8 Å². The van der Waals surface area contributed by atoms with Gasteiger partial charge in [0.1, 0.15) is 0 Å². The number of aliphatic carboxylic acids is 4. The van der Waals surface area contributed by atoms with Gasteiger partial charge in [-0.15, -0.1) is 0 Å². The Bertz CT molecular complexity index is 672. The molecule has 53 heavy (non-hydrogen) atoms. The van der Waals surface area contributed by atoms with Gasteiger partial charge in [-0.2, -0.15) is 0 Å². The van der Waals surface area contributed by atoms with Crippen LogP contribution in [0.2, 0.25) is 0 Å². The van der Waals surface area contributed by atoms with Gasteiger partial charge in [-0.3, -0.25) is 0 Å². The second-order valence-corrected chi connectivity index (χ2v) is 14.4. The van der Waals surface area contributed by atoms with Crippen molar-refractivity contribution in [2.45, 2.75) is 259 Å². The van der Waals surface area contributed by atoms with E-state index in [1.54, 1.807) is 13.8 Å². The first-order valence-corrected chi connectivity index (χ1v) is 21.9. The van der Waals surface area contributed by atoms with Crippen LogP contribution in [0.4, 0.5) is 0 Å². The molecule has 312 valence electrons. The van der Waals surface area contributed by atoms with Crippen molar-refractivity contribution >= 4 is 23.9 Å². The van der Waals surface area contributed by atoms with E-state index in [0.717, 1.165) is 25.7 Å². The average Bonchev–Trinajstić information content (AvgIpc) is 3.08. The Hall–Kier alpha value is -1.24. The quantitative estimate of drug-likeness (QED) is 0.0565. The maximum absolute atomic E-state index is 10.2. The Morgan fingerprint density at radius 1 is 0.245 bits per heavy atom. The predicted octanol–water partition coefficient (Wildman–Crippen LogP) is 9.07. The van der Waals surface area contributed by atoms with Crippen LogP contribution in [0.1, 0.15) is 259 Å². The first kappa shape index (κ1) is 61.0. The van der Waals surface area contributed by atoms with Gasteiger partial charge in [0.25, 0.3) is 0 Å². The van der Waals surface area contributed by atoms with Crippen LogP contribution in [-0.4, -0.2) is 23.9 Å². The van der Waals surface area contributed by atoms with Crippen LogP contribution in [0.25, 0.3) is 0 Å². The molecule has 0 radical (unpaired) electrons. The van der Waals surface area contributed by atoms with Crippen LogP contribution in [0.5, 0.6) is 0 Å². The largest absolute Gasteiger partial charge is 4.00 e. The molecule has 0 spiro atoms.